The van der Waals surface area contributed by atoms with Crippen LogP contribution < -0.4 is 5.11 Å². The molecule has 0 fully saturated rings. The number of rotatable bonds is 4. The minimum Gasteiger partial charge on any atom is -0.550 e. The highest BCUT2D eigenvalue weighted by Gasteiger charge is 2.17. The van der Waals surface area contributed by atoms with E-state index in [1.165, 1.54) is 11.3 Å². The van der Waals surface area contributed by atoms with Crippen molar-refractivity contribution in [3.8, 4) is 22.1 Å². The predicted octanol–water partition coefficient (Wildman–Crippen LogP) is 3.02. The van der Waals surface area contributed by atoms with Gasteiger partial charge in [0, 0.05) is 18.0 Å². The van der Waals surface area contributed by atoms with Crippen LogP contribution in [0.3, 0.4) is 0 Å². The van der Waals surface area contributed by atoms with Crippen LogP contribution in [0.15, 0.2) is 46.9 Å². The van der Waals surface area contributed by atoms with E-state index in [0.29, 0.717) is 21.7 Å². The first-order valence-corrected chi connectivity index (χ1v) is 7.33. The molecule has 106 valence electrons. The van der Waals surface area contributed by atoms with E-state index in [-0.39, 0.29) is 6.42 Å². The van der Waals surface area contributed by atoms with E-state index in [1.807, 2.05) is 30.3 Å². The third kappa shape index (κ3) is 2.99. The molecule has 0 bridgehead atoms. The van der Waals surface area contributed by atoms with Gasteiger partial charge in [-0.3, -0.25) is 0 Å². The van der Waals surface area contributed by atoms with Crippen LogP contribution in [-0.2, 0) is 11.2 Å². The number of carboxylic acid groups (broad SMARTS) is 1. The van der Waals surface area contributed by atoms with Gasteiger partial charge in [0.05, 0.1) is 14.9 Å². The van der Waals surface area contributed by atoms with E-state index in [9.17, 15) is 9.90 Å². The number of aromatic nitrogens is 1. The first kappa shape index (κ1) is 13.9. The fourth-order valence-corrected chi connectivity index (χ4v) is 2.99. The van der Waals surface area contributed by atoms with Crippen LogP contribution in [0.1, 0.15) is 5.69 Å². The normalized spacial score (nSPS) is 10.7. The Balaban J connectivity index is 2.09. The van der Waals surface area contributed by atoms with Gasteiger partial charge in [0.25, 0.3) is 0 Å². The molecule has 0 aliphatic heterocycles. The zero-order valence-corrected chi connectivity index (χ0v) is 12.3. The van der Waals surface area contributed by atoms with Gasteiger partial charge >= 0.3 is 0 Å². The monoisotopic (exact) mass is 318 g/mol. The van der Waals surface area contributed by atoms with Gasteiger partial charge in [-0.1, -0.05) is 29.8 Å². The van der Waals surface area contributed by atoms with Crippen LogP contribution in [0.2, 0.25) is 4.34 Å². The molecule has 0 N–H and O–H groups in total. The van der Waals surface area contributed by atoms with Crippen molar-refractivity contribution in [1.82, 2.24) is 4.98 Å². The lowest BCUT2D eigenvalue weighted by Gasteiger charge is -1.99. The summed E-state index contributed by atoms with van der Waals surface area (Å²) in [6.45, 7) is 0. The van der Waals surface area contributed by atoms with Gasteiger partial charge in [0.1, 0.15) is 0 Å². The van der Waals surface area contributed by atoms with Gasteiger partial charge in [-0.15, -0.1) is 11.3 Å². The first-order valence-electron chi connectivity index (χ1n) is 6.14. The Hall–Kier alpha value is -2.11. The van der Waals surface area contributed by atoms with Crippen molar-refractivity contribution in [3.05, 3.63) is 52.5 Å². The maximum atomic E-state index is 10.9. The van der Waals surface area contributed by atoms with E-state index >= 15 is 0 Å². The third-order valence-electron chi connectivity index (χ3n) is 2.83. The van der Waals surface area contributed by atoms with Crippen LogP contribution in [0.25, 0.3) is 22.1 Å². The van der Waals surface area contributed by atoms with Gasteiger partial charge in [-0.2, -0.15) is 0 Å². The molecule has 1 aromatic carbocycles. The number of hydrogen-bond acceptors (Lipinski definition) is 5. The lowest BCUT2D eigenvalue weighted by molar-refractivity contribution is -0.304. The largest absolute Gasteiger partial charge is 0.550 e. The van der Waals surface area contributed by atoms with Crippen molar-refractivity contribution >= 4 is 28.9 Å². The fourth-order valence-electron chi connectivity index (χ4n) is 1.94. The minimum absolute atomic E-state index is 0.304. The molecule has 3 rings (SSSR count). The highest BCUT2D eigenvalue weighted by Crippen LogP contribution is 2.36. The molecular weight excluding hydrogens is 310 g/mol. The summed E-state index contributed by atoms with van der Waals surface area (Å²) in [4.78, 5) is 15.9. The number of carbonyl (C=O) groups is 1. The molecule has 4 nitrogen and oxygen atoms in total. The standard InChI is InChI=1S/C15H10ClNO3S/c16-12-7-6-11(21-12)14-10(8-13(18)19)17-15(20-14)9-4-2-1-3-5-9/h1-7H,8H2,(H,18,19)/p-1. The number of aliphatic carboxylic acids is 1. The highest BCUT2D eigenvalue weighted by molar-refractivity contribution is 7.19. The van der Waals surface area contributed by atoms with E-state index in [2.05, 4.69) is 4.98 Å². The smallest absolute Gasteiger partial charge is 0.227 e. The maximum absolute atomic E-state index is 10.9. The van der Waals surface area contributed by atoms with Gasteiger partial charge in [-0.05, 0) is 24.3 Å². The van der Waals surface area contributed by atoms with Crippen molar-refractivity contribution in [3.63, 3.8) is 0 Å². The summed E-state index contributed by atoms with van der Waals surface area (Å²) in [5, 5.41) is 10.9. The van der Waals surface area contributed by atoms with E-state index < -0.39 is 5.97 Å². The van der Waals surface area contributed by atoms with Crippen LogP contribution >= 0.6 is 22.9 Å². The lowest BCUT2D eigenvalue weighted by Crippen LogP contribution is -2.24. The van der Waals surface area contributed by atoms with Crippen LogP contribution in [0.5, 0.6) is 0 Å². The molecule has 0 aliphatic rings. The van der Waals surface area contributed by atoms with Crippen molar-refractivity contribution in [2.24, 2.45) is 0 Å². The molecule has 21 heavy (non-hydrogen) atoms. The zero-order valence-electron chi connectivity index (χ0n) is 10.7. The van der Waals surface area contributed by atoms with E-state index in [4.69, 9.17) is 16.0 Å². The molecule has 0 radical (unpaired) electrons. The number of carboxylic acids is 1. The second-order valence-electron chi connectivity index (χ2n) is 4.31. The summed E-state index contributed by atoms with van der Waals surface area (Å²) in [5.41, 5.74) is 1.12. The van der Waals surface area contributed by atoms with Crippen molar-refractivity contribution in [2.45, 2.75) is 6.42 Å². The number of hydrogen-bond donors (Lipinski definition) is 0. The number of nitrogens with zero attached hydrogens (tertiary/aromatic N) is 1. The average Bonchev–Trinajstić information content (AvgIpc) is 3.05. The first-order chi connectivity index (χ1) is 10.1. The van der Waals surface area contributed by atoms with Crippen LogP contribution in [0, 0.1) is 0 Å². The number of oxazole rings is 1. The van der Waals surface area contributed by atoms with Crippen LogP contribution in [-0.4, -0.2) is 11.0 Å². The van der Waals surface area contributed by atoms with Crippen molar-refractivity contribution < 1.29 is 14.3 Å². The molecule has 0 atom stereocenters. The molecule has 0 saturated carbocycles. The molecule has 2 heterocycles. The van der Waals surface area contributed by atoms with Crippen LogP contribution in [0.4, 0.5) is 0 Å². The number of thiophene rings is 1. The average molecular weight is 319 g/mol. The fraction of sp³-hybridized carbons (Fsp3) is 0.0667. The van der Waals surface area contributed by atoms with Gasteiger partial charge in [-0.25, -0.2) is 4.98 Å². The molecule has 0 spiro atoms. The zero-order chi connectivity index (χ0) is 14.8. The SMILES string of the molecule is O=C([O-])Cc1nc(-c2ccccc2)oc1-c1ccc(Cl)s1. The maximum Gasteiger partial charge on any atom is 0.227 e. The molecule has 0 aliphatic carbocycles. The van der Waals surface area contributed by atoms with Crippen molar-refractivity contribution in [2.75, 3.05) is 0 Å². The predicted molar refractivity (Wildman–Crippen MR) is 79.0 cm³/mol. The Labute approximate surface area is 129 Å². The van der Waals surface area contributed by atoms with Crippen molar-refractivity contribution in [1.29, 1.82) is 0 Å². The molecule has 0 saturated heterocycles. The Morgan fingerprint density at radius 1 is 1.24 bits per heavy atom. The van der Waals surface area contributed by atoms with Gasteiger partial charge < -0.3 is 14.3 Å². The molecule has 0 unspecified atom stereocenters. The topological polar surface area (TPSA) is 66.2 Å². The van der Waals surface area contributed by atoms with Gasteiger partial charge in [0.15, 0.2) is 5.76 Å². The van der Waals surface area contributed by atoms with Gasteiger partial charge in [0.2, 0.25) is 5.89 Å². The molecule has 6 heteroatoms. The summed E-state index contributed by atoms with van der Waals surface area (Å²) in [5.74, 6) is -0.395. The minimum atomic E-state index is -1.20. The number of carbonyl (C=O) groups excluding carboxylic acids is 1. The van der Waals surface area contributed by atoms with E-state index in [1.54, 1.807) is 12.1 Å². The Morgan fingerprint density at radius 2 is 2.00 bits per heavy atom. The summed E-state index contributed by atoms with van der Waals surface area (Å²) in [6, 6.07) is 12.8. The summed E-state index contributed by atoms with van der Waals surface area (Å²) in [6.07, 6.45) is -0.304. The molecular formula is C15H9ClNO3S-. The summed E-state index contributed by atoms with van der Waals surface area (Å²) < 4.78 is 6.35. The van der Waals surface area contributed by atoms with E-state index in [0.717, 1.165) is 10.4 Å². The highest BCUT2D eigenvalue weighted by atomic mass is 35.5. The quantitative estimate of drug-likeness (QED) is 0.741. The Morgan fingerprint density at radius 3 is 2.62 bits per heavy atom. The second-order valence-corrected chi connectivity index (χ2v) is 6.03. The summed E-state index contributed by atoms with van der Waals surface area (Å²) in [7, 11) is 0. The summed E-state index contributed by atoms with van der Waals surface area (Å²) >= 11 is 7.23. The Kier molecular flexibility index (Phi) is 3.77. The third-order valence-corrected chi connectivity index (χ3v) is 4.06. The molecule has 2 aromatic heterocycles. The molecule has 0 amide bonds. The Bertz CT molecular complexity index is 779. The number of halogens is 1. The molecule has 3 aromatic rings. The lowest BCUT2D eigenvalue weighted by atomic mass is 10.2. The number of benzene rings is 1. The second kappa shape index (κ2) is 5.71.